The summed E-state index contributed by atoms with van der Waals surface area (Å²) in [6, 6.07) is 4.00. The number of aryl methyl sites for hydroxylation is 1. The molecule has 0 fully saturated rings. The summed E-state index contributed by atoms with van der Waals surface area (Å²) in [6.07, 6.45) is -1.09. The van der Waals surface area contributed by atoms with Gasteiger partial charge in [-0.15, -0.1) is 0 Å². The van der Waals surface area contributed by atoms with E-state index in [1.165, 1.54) is 32.2 Å². The minimum Gasteiger partial charge on any atom is -0.503 e. The van der Waals surface area contributed by atoms with Gasteiger partial charge in [-0.25, -0.2) is 4.79 Å². The molecule has 0 radical (unpaired) electrons. The fraction of sp³-hybridized carbons (Fsp3) is 0.267. The van der Waals surface area contributed by atoms with E-state index in [2.05, 4.69) is 10.5 Å². The highest BCUT2D eigenvalue weighted by Gasteiger charge is 2.22. The third kappa shape index (κ3) is 3.96. The molecule has 8 nitrogen and oxygen atoms in total. The van der Waals surface area contributed by atoms with Gasteiger partial charge in [-0.3, -0.25) is 4.79 Å². The van der Waals surface area contributed by atoms with Crippen molar-refractivity contribution in [3.05, 3.63) is 34.5 Å². The second-order valence-corrected chi connectivity index (χ2v) is 5.28. The summed E-state index contributed by atoms with van der Waals surface area (Å²) in [7, 11) is 1.32. The summed E-state index contributed by atoms with van der Waals surface area (Å²) in [6.45, 7) is 3.08. The molecule has 2 rings (SSSR count). The Kier molecular flexibility index (Phi) is 5.30. The molecule has 128 valence electrons. The molecule has 1 amide bonds. The van der Waals surface area contributed by atoms with Crippen LogP contribution in [0.1, 0.15) is 23.0 Å². The number of phenolic OH excluding ortho intramolecular Hbond substituents is 1. The number of halogens is 1. The van der Waals surface area contributed by atoms with Crippen LogP contribution in [0.25, 0.3) is 0 Å². The lowest BCUT2D eigenvalue weighted by Gasteiger charge is -2.13. The molecule has 0 aliphatic rings. The first kappa shape index (κ1) is 17.6. The zero-order chi connectivity index (χ0) is 17.9. The summed E-state index contributed by atoms with van der Waals surface area (Å²) < 4.78 is 14.8. The Labute approximate surface area is 142 Å². The number of aromatic nitrogens is 1. The predicted octanol–water partition coefficient (Wildman–Crippen LogP) is 2.53. The number of hydrogen-bond donors (Lipinski definition) is 2. The van der Waals surface area contributed by atoms with Crippen molar-refractivity contribution < 1.29 is 28.7 Å². The molecule has 0 aliphatic carbocycles. The van der Waals surface area contributed by atoms with Gasteiger partial charge >= 0.3 is 5.97 Å². The van der Waals surface area contributed by atoms with E-state index in [-0.39, 0.29) is 27.9 Å². The zero-order valence-electron chi connectivity index (χ0n) is 13.1. The van der Waals surface area contributed by atoms with Crippen LogP contribution < -0.4 is 10.1 Å². The summed E-state index contributed by atoms with van der Waals surface area (Å²) in [5, 5.41) is 15.6. The molecular weight excluding hydrogens is 340 g/mol. The van der Waals surface area contributed by atoms with Crippen molar-refractivity contribution in [2.24, 2.45) is 0 Å². The number of rotatable bonds is 5. The van der Waals surface area contributed by atoms with Crippen LogP contribution in [0.3, 0.4) is 0 Å². The van der Waals surface area contributed by atoms with Gasteiger partial charge in [0.05, 0.1) is 17.7 Å². The molecule has 0 saturated heterocycles. The molecule has 0 saturated carbocycles. The normalized spacial score (nSPS) is 11.7. The Morgan fingerprint density at radius 3 is 2.67 bits per heavy atom. The highest BCUT2D eigenvalue weighted by atomic mass is 35.5. The van der Waals surface area contributed by atoms with Crippen LogP contribution in [0.15, 0.2) is 22.7 Å². The Bertz CT molecular complexity index is 773. The lowest BCUT2D eigenvalue weighted by Crippen LogP contribution is -2.30. The largest absolute Gasteiger partial charge is 0.503 e. The average molecular weight is 355 g/mol. The number of methoxy groups -OCH3 is 1. The second-order valence-electron chi connectivity index (χ2n) is 4.87. The second kappa shape index (κ2) is 7.22. The topological polar surface area (TPSA) is 111 Å². The van der Waals surface area contributed by atoms with E-state index in [0.29, 0.717) is 5.76 Å². The minimum atomic E-state index is -1.09. The SMILES string of the molecule is COc1cc(C(=O)O[C@H](C)C(=O)Nc2cc(C)on2)cc(Cl)c1O. The Morgan fingerprint density at radius 1 is 1.38 bits per heavy atom. The van der Waals surface area contributed by atoms with Gasteiger partial charge in [-0.2, -0.15) is 0 Å². The molecule has 1 heterocycles. The van der Waals surface area contributed by atoms with E-state index in [0.717, 1.165) is 0 Å². The lowest BCUT2D eigenvalue weighted by molar-refractivity contribution is -0.123. The maximum Gasteiger partial charge on any atom is 0.339 e. The number of esters is 1. The van der Waals surface area contributed by atoms with Crippen LogP contribution in [-0.4, -0.2) is 35.4 Å². The molecule has 1 aromatic carbocycles. The molecule has 0 unspecified atom stereocenters. The van der Waals surface area contributed by atoms with Gasteiger partial charge in [0, 0.05) is 6.07 Å². The van der Waals surface area contributed by atoms with E-state index in [9.17, 15) is 14.7 Å². The van der Waals surface area contributed by atoms with Crippen molar-refractivity contribution in [1.29, 1.82) is 0 Å². The number of nitrogens with zero attached hydrogens (tertiary/aromatic N) is 1. The number of aromatic hydroxyl groups is 1. The maximum absolute atomic E-state index is 12.1. The van der Waals surface area contributed by atoms with Crippen molar-refractivity contribution >= 4 is 29.3 Å². The number of benzene rings is 1. The van der Waals surface area contributed by atoms with E-state index in [1.807, 2.05) is 0 Å². The molecule has 24 heavy (non-hydrogen) atoms. The molecule has 1 atom stereocenters. The van der Waals surface area contributed by atoms with Gasteiger partial charge in [-0.05, 0) is 26.0 Å². The third-order valence-corrected chi connectivity index (χ3v) is 3.30. The molecule has 9 heteroatoms. The van der Waals surface area contributed by atoms with Crippen LogP contribution in [0.4, 0.5) is 5.82 Å². The number of carbonyl (C=O) groups is 2. The first-order valence-electron chi connectivity index (χ1n) is 6.83. The average Bonchev–Trinajstić information content (AvgIpc) is 2.94. The molecule has 1 aromatic heterocycles. The molecule has 2 N–H and O–H groups in total. The van der Waals surface area contributed by atoms with E-state index in [4.69, 9.17) is 25.6 Å². The van der Waals surface area contributed by atoms with Crippen LogP contribution >= 0.6 is 11.6 Å². The van der Waals surface area contributed by atoms with Gasteiger partial charge in [0.25, 0.3) is 5.91 Å². The molecular formula is C15H15ClN2O6. The fourth-order valence-corrected chi connectivity index (χ4v) is 1.99. The van der Waals surface area contributed by atoms with Crippen LogP contribution in [0, 0.1) is 6.92 Å². The third-order valence-electron chi connectivity index (χ3n) is 3.02. The number of ether oxygens (including phenoxy) is 2. The van der Waals surface area contributed by atoms with Gasteiger partial charge in [0.2, 0.25) is 0 Å². The Hall–Kier alpha value is -2.74. The predicted molar refractivity (Wildman–Crippen MR) is 84.4 cm³/mol. The number of nitrogens with one attached hydrogen (secondary N) is 1. The van der Waals surface area contributed by atoms with Crippen LogP contribution in [0.5, 0.6) is 11.5 Å². The Morgan fingerprint density at radius 2 is 2.08 bits per heavy atom. The van der Waals surface area contributed by atoms with Crippen molar-refractivity contribution in [2.75, 3.05) is 12.4 Å². The number of hydrogen-bond acceptors (Lipinski definition) is 7. The smallest absolute Gasteiger partial charge is 0.339 e. The van der Waals surface area contributed by atoms with Gasteiger partial charge in [0.15, 0.2) is 23.4 Å². The number of phenols is 1. The van der Waals surface area contributed by atoms with Gasteiger partial charge in [-0.1, -0.05) is 16.8 Å². The summed E-state index contributed by atoms with van der Waals surface area (Å²) in [5.41, 5.74) is 0.0339. The first-order chi connectivity index (χ1) is 11.3. The summed E-state index contributed by atoms with van der Waals surface area (Å²) in [5.74, 6) is -0.897. The van der Waals surface area contributed by atoms with E-state index >= 15 is 0 Å². The van der Waals surface area contributed by atoms with Crippen molar-refractivity contribution in [1.82, 2.24) is 5.16 Å². The molecule has 0 aliphatic heterocycles. The monoisotopic (exact) mass is 354 g/mol. The first-order valence-corrected chi connectivity index (χ1v) is 7.21. The maximum atomic E-state index is 12.1. The standard InChI is InChI=1S/C15H15ClN2O6/c1-7-4-12(18-24-7)17-14(20)8(2)23-15(21)9-5-10(16)13(19)11(6-9)22-3/h4-6,8,19H,1-3H3,(H,17,18,20)/t8-/m1/s1. The molecule has 0 spiro atoms. The number of carbonyl (C=O) groups excluding carboxylic acids is 2. The van der Waals surface area contributed by atoms with E-state index < -0.39 is 18.0 Å². The molecule has 2 aromatic rings. The number of amides is 1. The van der Waals surface area contributed by atoms with Crippen LogP contribution in [0.2, 0.25) is 5.02 Å². The molecule has 0 bridgehead atoms. The summed E-state index contributed by atoms with van der Waals surface area (Å²) >= 11 is 5.81. The highest BCUT2D eigenvalue weighted by molar-refractivity contribution is 6.32. The lowest BCUT2D eigenvalue weighted by atomic mass is 10.2. The Balaban J connectivity index is 2.05. The quantitative estimate of drug-likeness (QED) is 0.793. The van der Waals surface area contributed by atoms with E-state index in [1.54, 1.807) is 6.92 Å². The van der Waals surface area contributed by atoms with Crippen molar-refractivity contribution in [2.45, 2.75) is 20.0 Å². The fourth-order valence-electron chi connectivity index (χ4n) is 1.78. The number of anilines is 1. The summed E-state index contributed by atoms with van der Waals surface area (Å²) in [4.78, 5) is 24.1. The van der Waals surface area contributed by atoms with Gasteiger partial charge in [0.1, 0.15) is 5.76 Å². The highest BCUT2D eigenvalue weighted by Crippen LogP contribution is 2.35. The zero-order valence-corrected chi connectivity index (χ0v) is 13.9. The van der Waals surface area contributed by atoms with Crippen molar-refractivity contribution in [3.8, 4) is 11.5 Å². The minimum absolute atomic E-state index is 0.0182. The van der Waals surface area contributed by atoms with Gasteiger partial charge < -0.3 is 24.4 Å². The van der Waals surface area contributed by atoms with Crippen molar-refractivity contribution in [3.63, 3.8) is 0 Å². The van der Waals surface area contributed by atoms with Crippen LogP contribution in [-0.2, 0) is 9.53 Å².